The lowest BCUT2D eigenvalue weighted by Gasteiger charge is -2.11. The Labute approximate surface area is 95.2 Å². The van der Waals surface area contributed by atoms with Gasteiger partial charge in [0.1, 0.15) is 0 Å². The van der Waals surface area contributed by atoms with Crippen molar-refractivity contribution >= 4 is 44.9 Å². The number of Topliss-reactive ketones (excluding diaryl/α,β-unsaturated/α-hetero) is 1. The highest BCUT2D eigenvalue weighted by Gasteiger charge is 2.28. The average Bonchev–Trinajstić information content (AvgIpc) is 2.03. The maximum Gasteiger partial charge on any atom is 0.198 e. The second kappa shape index (κ2) is 3.99. The average molecular weight is 282 g/mol. The molecule has 0 aliphatic rings. The lowest BCUT2D eigenvalue weighted by Crippen LogP contribution is -2.21. The van der Waals surface area contributed by atoms with Gasteiger partial charge in [0, 0.05) is 10.0 Å². The molecule has 0 spiro atoms. The van der Waals surface area contributed by atoms with E-state index in [0.717, 1.165) is 4.47 Å². The van der Waals surface area contributed by atoms with Crippen molar-refractivity contribution in [3.63, 3.8) is 0 Å². The molecule has 13 heavy (non-hydrogen) atoms. The van der Waals surface area contributed by atoms with E-state index in [2.05, 4.69) is 15.9 Å². The van der Waals surface area contributed by atoms with E-state index in [1.54, 1.807) is 24.3 Å². The highest BCUT2D eigenvalue weighted by molar-refractivity contribution is 9.10. The van der Waals surface area contributed by atoms with Gasteiger partial charge in [-0.2, -0.15) is 0 Å². The van der Waals surface area contributed by atoms with Gasteiger partial charge in [-0.3, -0.25) is 4.79 Å². The van der Waals surface area contributed by atoms with Gasteiger partial charge in [-0.25, -0.2) is 0 Å². The molecular formula is C9H7BrCl2O. The quantitative estimate of drug-likeness (QED) is 0.595. The Morgan fingerprint density at radius 3 is 2.15 bits per heavy atom. The van der Waals surface area contributed by atoms with E-state index in [0.29, 0.717) is 5.56 Å². The topological polar surface area (TPSA) is 17.1 Å². The van der Waals surface area contributed by atoms with E-state index in [9.17, 15) is 4.79 Å². The molecular weight excluding hydrogens is 275 g/mol. The van der Waals surface area contributed by atoms with E-state index in [1.165, 1.54) is 6.92 Å². The van der Waals surface area contributed by atoms with Gasteiger partial charge >= 0.3 is 0 Å². The molecule has 1 aromatic rings. The van der Waals surface area contributed by atoms with Crippen LogP contribution in [-0.2, 0) is 0 Å². The summed E-state index contributed by atoms with van der Waals surface area (Å²) in [5.41, 5.74) is 0.510. The van der Waals surface area contributed by atoms with Crippen LogP contribution in [-0.4, -0.2) is 10.1 Å². The Kier molecular flexibility index (Phi) is 3.38. The molecule has 1 nitrogen and oxygen atoms in total. The summed E-state index contributed by atoms with van der Waals surface area (Å²) in [6, 6.07) is 6.89. The smallest absolute Gasteiger partial charge is 0.198 e. The molecule has 0 amide bonds. The van der Waals surface area contributed by atoms with E-state index in [4.69, 9.17) is 23.2 Å². The van der Waals surface area contributed by atoms with E-state index < -0.39 is 4.33 Å². The van der Waals surface area contributed by atoms with Crippen molar-refractivity contribution in [1.82, 2.24) is 0 Å². The summed E-state index contributed by atoms with van der Waals surface area (Å²) in [5, 5.41) is 0. The molecule has 0 aromatic heterocycles. The van der Waals surface area contributed by atoms with Crippen LogP contribution >= 0.6 is 39.1 Å². The summed E-state index contributed by atoms with van der Waals surface area (Å²) in [6.45, 7) is 1.46. The predicted molar refractivity (Wildman–Crippen MR) is 58.6 cm³/mol. The maximum absolute atomic E-state index is 11.5. The minimum Gasteiger partial charge on any atom is -0.291 e. The first-order chi connectivity index (χ1) is 5.91. The number of hydrogen-bond donors (Lipinski definition) is 0. The van der Waals surface area contributed by atoms with Crippen LogP contribution in [0.1, 0.15) is 17.3 Å². The van der Waals surface area contributed by atoms with Gasteiger partial charge in [0.15, 0.2) is 10.1 Å². The number of carbonyl (C=O) groups excluding carboxylic acids is 1. The summed E-state index contributed by atoms with van der Waals surface area (Å²) < 4.78 is -0.441. The number of benzene rings is 1. The molecule has 0 unspecified atom stereocenters. The van der Waals surface area contributed by atoms with Gasteiger partial charge in [-0.1, -0.05) is 51.3 Å². The van der Waals surface area contributed by atoms with Gasteiger partial charge in [-0.15, -0.1) is 0 Å². The fraction of sp³-hybridized carbons (Fsp3) is 0.222. The fourth-order valence-corrected chi connectivity index (χ4v) is 1.34. The number of halogens is 3. The largest absolute Gasteiger partial charge is 0.291 e. The summed E-state index contributed by atoms with van der Waals surface area (Å²) in [7, 11) is 0. The second-order valence-corrected chi connectivity index (χ2v) is 5.35. The van der Waals surface area contributed by atoms with Gasteiger partial charge in [0.2, 0.25) is 0 Å². The Balaban J connectivity index is 2.97. The molecule has 70 valence electrons. The van der Waals surface area contributed by atoms with Crippen molar-refractivity contribution in [2.75, 3.05) is 0 Å². The first-order valence-electron chi connectivity index (χ1n) is 3.59. The molecule has 0 N–H and O–H groups in total. The summed E-state index contributed by atoms with van der Waals surface area (Å²) in [4.78, 5) is 11.5. The first kappa shape index (κ1) is 11.0. The number of rotatable bonds is 2. The van der Waals surface area contributed by atoms with Crippen LogP contribution in [0.5, 0.6) is 0 Å². The molecule has 4 heteroatoms. The zero-order valence-corrected chi connectivity index (χ0v) is 9.95. The van der Waals surface area contributed by atoms with Crippen LogP contribution in [0.2, 0.25) is 0 Å². The van der Waals surface area contributed by atoms with Crippen LogP contribution < -0.4 is 0 Å². The van der Waals surface area contributed by atoms with Crippen molar-refractivity contribution < 1.29 is 4.79 Å². The van der Waals surface area contributed by atoms with Crippen molar-refractivity contribution in [2.24, 2.45) is 0 Å². The molecule has 0 aliphatic heterocycles. The highest BCUT2D eigenvalue weighted by Crippen LogP contribution is 2.25. The monoisotopic (exact) mass is 280 g/mol. The normalized spacial score (nSPS) is 11.4. The van der Waals surface area contributed by atoms with Crippen LogP contribution in [0, 0.1) is 0 Å². The van der Waals surface area contributed by atoms with Crippen LogP contribution in [0.15, 0.2) is 28.7 Å². The first-order valence-corrected chi connectivity index (χ1v) is 5.14. The van der Waals surface area contributed by atoms with Crippen molar-refractivity contribution in [3.05, 3.63) is 34.3 Å². The Morgan fingerprint density at radius 1 is 1.31 bits per heavy atom. The number of hydrogen-bond acceptors (Lipinski definition) is 1. The molecule has 0 heterocycles. The molecule has 0 saturated heterocycles. The molecule has 0 radical (unpaired) electrons. The summed E-state index contributed by atoms with van der Waals surface area (Å²) in [6.07, 6.45) is 0. The number of carbonyl (C=O) groups is 1. The lowest BCUT2D eigenvalue weighted by atomic mass is 10.1. The third-order valence-corrected chi connectivity index (χ3v) is 2.38. The molecule has 1 aromatic carbocycles. The summed E-state index contributed by atoms with van der Waals surface area (Å²) in [5.74, 6) is -0.289. The maximum atomic E-state index is 11.5. The van der Waals surface area contributed by atoms with Crippen LogP contribution in [0.3, 0.4) is 0 Å². The number of alkyl halides is 2. The molecule has 0 fully saturated rings. The Bertz CT molecular complexity index is 313. The van der Waals surface area contributed by atoms with Crippen molar-refractivity contribution in [2.45, 2.75) is 11.3 Å². The van der Waals surface area contributed by atoms with Gasteiger partial charge in [-0.05, 0) is 19.1 Å². The molecule has 0 bridgehead atoms. The zero-order valence-electron chi connectivity index (χ0n) is 6.85. The zero-order chi connectivity index (χ0) is 10.1. The van der Waals surface area contributed by atoms with Crippen molar-refractivity contribution in [1.29, 1.82) is 0 Å². The third-order valence-electron chi connectivity index (χ3n) is 1.51. The SMILES string of the molecule is CC(Cl)(Cl)C(=O)c1ccc(Br)cc1. The lowest BCUT2D eigenvalue weighted by molar-refractivity contribution is 0.0978. The standard InChI is InChI=1S/C9H7BrCl2O/c1-9(11,12)8(13)6-2-4-7(10)5-3-6/h2-5H,1H3. The van der Waals surface area contributed by atoms with Crippen LogP contribution in [0.25, 0.3) is 0 Å². The molecule has 0 atom stereocenters. The third kappa shape index (κ3) is 2.97. The molecule has 1 rings (SSSR count). The van der Waals surface area contributed by atoms with Crippen molar-refractivity contribution in [3.8, 4) is 0 Å². The van der Waals surface area contributed by atoms with Gasteiger partial charge in [0.05, 0.1) is 0 Å². The minimum absolute atomic E-state index is 0.289. The van der Waals surface area contributed by atoms with E-state index in [1.807, 2.05) is 0 Å². The van der Waals surface area contributed by atoms with E-state index >= 15 is 0 Å². The predicted octanol–water partition coefficient (Wildman–Crippen LogP) is 3.83. The second-order valence-electron chi connectivity index (χ2n) is 2.72. The van der Waals surface area contributed by atoms with Crippen LogP contribution in [0.4, 0.5) is 0 Å². The fourth-order valence-electron chi connectivity index (χ4n) is 0.855. The van der Waals surface area contributed by atoms with E-state index in [-0.39, 0.29) is 5.78 Å². The Hall–Kier alpha value is -0.0500. The number of ketones is 1. The highest BCUT2D eigenvalue weighted by atomic mass is 79.9. The molecule has 0 aliphatic carbocycles. The van der Waals surface area contributed by atoms with Gasteiger partial charge < -0.3 is 0 Å². The minimum atomic E-state index is -1.35. The molecule has 0 saturated carbocycles. The summed E-state index contributed by atoms with van der Waals surface area (Å²) >= 11 is 14.6. The van der Waals surface area contributed by atoms with Gasteiger partial charge in [0.25, 0.3) is 0 Å². The Morgan fingerprint density at radius 2 is 1.77 bits per heavy atom.